The predicted octanol–water partition coefficient (Wildman–Crippen LogP) is 7.78. The van der Waals surface area contributed by atoms with Crippen molar-refractivity contribution >= 4 is 11.7 Å². The predicted molar refractivity (Wildman–Crippen MR) is 108 cm³/mol. The van der Waals surface area contributed by atoms with Crippen molar-refractivity contribution in [3.63, 3.8) is 0 Å². The Hall–Kier alpha value is -3.26. The minimum Gasteiger partial charge on any atom is -0.347 e. The third-order valence-electron chi connectivity index (χ3n) is 5.06. The number of benzene rings is 2. The second kappa shape index (κ2) is 11.6. The summed E-state index contributed by atoms with van der Waals surface area (Å²) >= 11 is 0. The number of alkyl halides is 9. The summed E-state index contributed by atoms with van der Waals surface area (Å²) in [6.07, 6.45) is -16.9. The first-order chi connectivity index (χ1) is 17.3. The molecule has 38 heavy (non-hydrogen) atoms. The molecule has 2 nitrogen and oxygen atoms in total. The van der Waals surface area contributed by atoms with Crippen LogP contribution in [0.25, 0.3) is 5.83 Å². The van der Waals surface area contributed by atoms with Gasteiger partial charge in [0.2, 0.25) is 5.91 Å². The molecule has 0 heterocycles. The van der Waals surface area contributed by atoms with Crippen molar-refractivity contribution in [2.75, 3.05) is 6.54 Å². The van der Waals surface area contributed by atoms with Crippen LogP contribution < -0.4 is 5.32 Å². The van der Waals surface area contributed by atoms with Crippen molar-refractivity contribution in [2.45, 2.75) is 43.7 Å². The van der Waals surface area contributed by atoms with Crippen molar-refractivity contribution in [2.24, 2.45) is 0 Å². The van der Waals surface area contributed by atoms with Gasteiger partial charge in [-0.3, -0.25) is 4.79 Å². The summed E-state index contributed by atoms with van der Waals surface area (Å²) < 4.78 is 172. The van der Waals surface area contributed by atoms with Gasteiger partial charge >= 0.3 is 18.5 Å². The van der Waals surface area contributed by atoms with E-state index in [1.807, 2.05) is 0 Å². The topological polar surface area (TPSA) is 29.1 Å². The Kier molecular flexibility index (Phi) is 9.48. The highest BCUT2D eigenvalue weighted by molar-refractivity contribution is 5.75. The second-order valence-electron chi connectivity index (χ2n) is 7.95. The van der Waals surface area contributed by atoms with Crippen molar-refractivity contribution in [1.82, 2.24) is 5.32 Å². The lowest BCUT2D eigenvalue weighted by Gasteiger charge is -2.19. The van der Waals surface area contributed by atoms with E-state index in [1.165, 1.54) is 5.32 Å². The molecule has 0 radical (unpaired) electrons. The number of amides is 1. The Morgan fingerprint density at radius 1 is 0.895 bits per heavy atom. The van der Waals surface area contributed by atoms with Crippen LogP contribution in [0.3, 0.4) is 0 Å². The van der Waals surface area contributed by atoms with Gasteiger partial charge in [0.05, 0.1) is 5.56 Å². The van der Waals surface area contributed by atoms with Gasteiger partial charge < -0.3 is 5.32 Å². The van der Waals surface area contributed by atoms with E-state index in [4.69, 9.17) is 0 Å². The minimum absolute atomic E-state index is 0.0323. The number of rotatable bonds is 8. The number of hydrogen-bond donors (Lipinski definition) is 1. The fourth-order valence-corrected chi connectivity index (χ4v) is 3.31. The number of hydrogen-bond acceptors (Lipinski definition) is 1. The molecule has 2 aromatic rings. The van der Waals surface area contributed by atoms with E-state index in [-0.39, 0.29) is 30.7 Å². The van der Waals surface area contributed by atoms with Crippen molar-refractivity contribution in [3.05, 3.63) is 76.1 Å². The fraction of sp³-hybridized carbons (Fsp3) is 0.348. The van der Waals surface area contributed by atoms with Crippen LogP contribution in [0.15, 0.2) is 36.4 Å². The molecule has 1 unspecified atom stereocenters. The molecular formula is C23H16F13NO. The second-order valence-corrected chi connectivity index (χ2v) is 7.95. The molecule has 0 aliphatic heterocycles. The number of aryl methyl sites for hydroxylation is 1. The Balaban J connectivity index is 2.34. The number of halogens is 13. The zero-order chi connectivity index (χ0) is 29.1. The molecule has 2 rings (SSSR count). The summed E-state index contributed by atoms with van der Waals surface area (Å²) in [5.74, 6) is -12.1. The molecule has 210 valence electrons. The van der Waals surface area contributed by atoms with Crippen molar-refractivity contribution in [1.29, 1.82) is 0 Å². The highest BCUT2D eigenvalue weighted by Crippen LogP contribution is 2.40. The highest BCUT2D eigenvalue weighted by atomic mass is 19.4. The van der Waals surface area contributed by atoms with Crippen LogP contribution in [-0.2, 0) is 17.4 Å². The summed E-state index contributed by atoms with van der Waals surface area (Å²) in [7, 11) is 0. The van der Waals surface area contributed by atoms with Crippen LogP contribution in [0, 0.1) is 17.5 Å². The molecule has 0 saturated carbocycles. The summed E-state index contributed by atoms with van der Waals surface area (Å²) in [6.45, 7) is -1.64. The smallest absolute Gasteiger partial charge is 0.347 e. The molecule has 0 aliphatic carbocycles. The van der Waals surface area contributed by atoms with E-state index in [2.05, 4.69) is 0 Å². The van der Waals surface area contributed by atoms with E-state index in [0.29, 0.717) is 12.1 Å². The van der Waals surface area contributed by atoms with Crippen molar-refractivity contribution in [3.8, 4) is 0 Å². The van der Waals surface area contributed by atoms with Gasteiger partial charge in [0.15, 0.2) is 17.5 Å². The maximum Gasteiger partial charge on any atom is 0.416 e. The average Bonchev–Trinajstić information content (AvgIpc) is 2.77. The quantitative estimate of drug-likeness (QED) is 0.255. The maximum atomic E-state index is 14.7. The zero-order valence-corrected chi connectivity index (χ0v) is 18.7. The molecule has 0 aliphatic rings. The molecule has 1 N–H and O–H groups in total. The molecule has 0 spiro atoms. The number of allylic oxidation sites excluding steroid dienone is 1. The highest BCUT2D eigenvalue weighted by Gasteiger charge is 2.41. The van der Waals surface area contributed by atoms with Crippen molar-refractivity contribution < 1.29 is 61.9 Å². The van der Waals surface area contributed by atoms with Gasteiger partial charge in [0, 0.05) is 12.0 Å². The van der Waals surface area contributed by atoms with Crippen LogP contribution >= 0.6 is 0 Å². The summed E-state index contributed by atoms with van der Waals surface area (Å²) in [4.78, 5) is 11.4. The first-order valence-corrected chi connectivity index (χ1v) is 10.4. The Morgan fingerprint density at radius 2 is 1.47 bits per heavy atom. The van der Waals surface area contributed by atoms with Gasteiger partial charge in [0.1, 0.15) is 18.3 Å². The lowest BCUT2D eigenvalue weighted by atomic mass is 9.94. The monoisotopic (exact) mass is 569 g/mol. The zero-order valence-electron chi connectivity index (χ0n) is 18.7. The molecule has 2 aromatic carbocycles. The SMILES string of the molecule is O=C(CCCc1ccc(/C(F)=C/C(c2cc(F)c(F)c(F)c2)C(F)(F)F)cc1C(F)(F)F)NCC(F)(F)F. The molecule has 0 fully saturated rings. The molecule has 1 amide bonds. The van der Waals surface area contributed by atoms with Gasteiger partial charge in [0.25, 0.3) is 0 Å². The molecule has 0 aromatic heterocycles. The average molecular weight is 569 g/mol. The van der Waals surface area contributed by atoms with E-state index < -0.39 is 95.3 Å². The summed E-state index contributed by atoms with van der Waals surface area (Å²) in [6, 6.07) is 1.49. The molecule has 15 heteroatoms. The number of carbonyl (C=O) groups excluding carboxylic acids is 1. The lowest BCUT2D eigenvalue weighted by Crippen LogP contribution is -2.33. The van der Waals surface area contributed by atoms with Crippen LogP contribution in [0.1, 0.15) is 41.0 Å². The van der Waals surface area contributed by atoms with Gasteiger partial charge in [-0.15, -0.1) is 0 Å². The number of nitrogens with one attached hydrogen (secondary N) is 1. The fourth-order valence-electron chi connectivity index (χ4n) is 3.31. The Labute approximate surface area is 206 Å². The molecule has 0 saturated heterocycles. The third kappa shape index (κ3) is 8.65. The first-order valence-electron chi connectivity index (χ1n) is 10.4. The van der Waals surface area contributed by atoms with E-state index in [9.17, 15) is 61.9 Å². The van der Waals surface area contributed by atoms with Crippen LogP contribution in [0.2, 0.25) is 0 Å². The number of carbonyl (C=O) groups is 1. The van der Waals surface area contributed by atoms with Gasteiger partial charge in [-0.2, -0.15) is 39.5 Å². The molecule has 1 atom stereocenters. The summed E-state index contributed by atoms with van der Waals surface area (Å²) in [5, 5.41) is 1.53. The largest absolute Gasteiger partial charge is 0.416 e. The van der Waals surface area contributed by atoms with Crippen LogP contribution in [0.4, 0.5) is 57.1 Å². The maximum absolute atomic E-state index is 14.7. The third-order valence-corrected chi connectivity index (χ3v) is 5.06. The summed E-state index contributed by atoms with van der Waals surface area (Å²) in [5.41, 5.74) is -4.24. The van der Waals surface area contributed by atoms with Crippen LogP contribution in [0.5, 0.6) is 0 Å². The standard InChI is InChI=1S/C23H16F13NO/c24-16(9-15(23(34,35)36)13-7-17(25)20(27)18(26)8-13)12-5-4-11(14(6-12)22(31,32)33)2-1-3-19(38)37-10-21(28,29)30/h4-9,15H,1-3,10H2,(H,37,38)/b16-9-. The normalized spacial score (nSPS) is 14.0. The van der Waals surface area contributed by atoms with Crippen LogP contribution in [-0.4, -0.2) is 24.8 Å². The van der Waals surface area contributed by atoms with Gasteiger partial charge in [-0.05, 0) is 48.2 Å². The minimum atomic E-state index is -5.38. The van der Waals surface area contributed by atoms with Gasteiger partial charge in [-0.25, -0.2) is 17.6 Å². The van der Waals surface area contributed by atoms with Gasteiger partial charge in [-0.1, -0.05) is 12.1 Å². The Morgan fingerprint density at radius 3 is 1.97 bits per heavy atom. The van der Waals surface area contributed by atoms with E-state index in [0.717, 1.165) is 0 Å². The molecule has 0 bridgehead atoms. The Bertz CT molecular complexity index is 1160. The van der Waals surface area contributed by atoms with E-state index in [1.54, 1.807) is 0 Å². The lowest BCUT2D eigenvalue weighted by molar-refractivity contribution is -0.140. The van der Waals surface area contributed by atoms with E-state index >= 15 is 0 Å². The first kappa shape index (κ1) is 31.0. The molecular weight excluding hydrogens is 553 g/mol.